The zero-order valence-corrected chi connectivity index (χ0v) is 32.1. The first-order valence-corrected chi connectivity index (χ1v) is 20.2. The number of anilines is 3. The number of fused-ring (bicyclic) bond motifs is 9. The lowest BCUT2D eigenvalue weighted by Gasteiger charge is -2.26. The van der Waals surface area contributed by atoms with Gasteiger partial charge in [-0.1, -0.05) is 140 Å². The zero-order valence-electron chi connectivity index (χ0n) is 32.1. The lowest BCUT2D eigenvalue weighted by molar-refractivity contribution is 0.669. The number of hydrogen-bond acceptors (Lipinski definition) is 2. The summed E-state index contributed by atoms with van der Waals surface area (Å²) in [7, 11) is 0. The maximum atomic E-state index is 6.92. The van der Waals surface area contributed by atoms with E-state index in [4.69, 9.17) is 4.42 Å². The van der Waals surface area contributed by atoms with E-state index in [1.807, 2.05) is 0 Å². The van der Waals surface area contributed by atoms with Crippen molar-refractivity contribution in [1.82, 2.24) is 4.57 Å². The minimum absolute atomic E-state index is 0.855. The number of hydrogen-bond donors (Lipinski definition) is 0. The molecule has 0 amide bonds. The highest BCUT2D eigenvalue weighted by Gasteiger charge is 2.20. The van der Waals surface area contributed by atoms with Crippen molar-refractivity contribution >= 4 is 82.4 Å². The van der Waals surface area contributed by atoms with Crippen LogP contribution >= 0.6 is 0 Å². The van der Waals surface area contributed by atoms with Crippen molar-refractivity contribution in [2.24, 2.45) is 0 Å². The number of aromatic nitrogens is 1. The van der Waals surface area contributed by atoms with Gasteiger partial charge in [-0.15, -0.1) is 0 Å². The van der Waals surface area contributed by atoms with E-state index in [0.717, 1.165) is 55.8 Å². The summed E-state index contributed by atoms with van der Waals surface area (Å²) in [6, 6.07) is 78.5. The Hall–Kier alpha value is -7.88. The molecule has 12 aromatic rings. The third kappa shape index (κ3) is 5.44. The molecule has 0 aliphatic rings. The molecule has 10 aromatic carbocycles. The summed E-state index contributed by atoms with van der Waals surface area (Å²) in [6.07, 6.45) is 0. The molecule has 0 saturated carbocycles. The molecule has 0 spiro atoms. The van der Waals surface area contributed by atoms with Gasteiger partial charge >= 0.3 is 0 Å². The van der Waals surface area contributed by atoms with Crippen LogP contribution in [-0.2, 0) is 0 Å². The van der Waals surface area contributed by atoms with E-state index in [1.54, 1.807) is 0 Å². The Bertz CT molecular complexity index is 3540. The van der Waals surface area contributed by atoms with Crippen LogP contribution in [0.2, 0.25) is 0 Å². The maximum Gasteiger partial charge on any atom is 0.137 e. The normalized spacial score (nSPS) is 11.7. The van der Waals surface area contributed by atoms with Crippen molar-refractivity contribution in [3.05, 3.63) is 218 Å². The first kappa shape index (κ1) is 33.3. The van der Waals surface area contributed by atoms with Crippen LogP contribution in [0.15, 0.2) is 223 Å². The lowest BCUT2D eigenvalue weighted by atomic mass is 9.94. The van der Waals surface area contributed by atoms with Gasteiger partial charge in [0.25, 0.3) is 0 Å². The van der Waals surface area contributed by atoms with Crippen LogP contribution in [0, 0.1) is 0 Å². The second kappa shape index (κ2) is 13.4. The van der Waals surface area contributed by atoms with Gasteiger partial charge in [-0.3, -0.25) is 0 Å². The van der Waals surface area contributed by atoms with Gasteiger partial charge < -0.3 is 13.9 Å². The highest BCUT2D eigenvalue weighted by molar-refractivity contribution is 6.23. The van der Waals surface area contributed by atoms with E-state index in [2.05, 4.69) is 228 Å². The van der Waals surface area contributed by atoms with E-state index in [-0.39, 0.29) is 0 Å². The highest BCUT2D eigenvalue weighted by Crippen LogP contribution is 2.44. The molecule has 12 rings (SSSR count). The van der Waals surface area contributed by atoms with E-state index in [9.17, 15) is 0 Å². The molecular formula is C56H36N2O. The van der Waals surface area contributed by atoms with Crippen LogP contribution in [0.4, 0.5) is 17.1 Å². The van der Waals surface area contributed by atoms with Crippen molar-refractivity contribution in [1.29, 1.82) is 0 Å². The predicted octanol–water partition coefficient (Wildman–Crippen LogP) is 15.8. The Labute approximate surface area is 341 Å². The van der Waals surface area contributed by atoms with Crippen LogP contribution in [-0.4, -0.2) is 4.57 Å². The summed E-state index contributed by atoms with van der Waals surface area (Å²) in [5, 5.41) is 9.50. The fraction of sp³-hybridized carbons (Fsp3) is 0. The summed E-state index contributed by atoms with van der Waals surface area (Å²) in [6.45, 7) is 0. The van der Waals surface area contributed by atoms with Gasteiger partial charge in [-0.25, -0.2) is 0 Å². The second-order valence-corrected chi connectivity index (χ2v) is 15.3. The van der Waals surface area contributed by atoms with E-state index < -0.39 is 0 Å². The van der Waals surface area contributed by atoms with E-state index >= 15 is 0 Å². The molecule has 3 heteroatoms. The minimum Gasteiger partial charge on any atom is -0.456 e. The molecule has 0 aliphatic carbocycles. The number of benzene rings is 10. The summed E-state index contributed by atoms with van der Waals surface area (Å²) in [4.78, 5) is 2.33. The van der Waals surface area contributed by atoms with E-state index in [1.165, 1.54) is 54.5 Å². The van der Waals surface area contributed by atoms with Crippen molar-refractivity contribution in [3.8, 4) is 27.9 Å². The highest BCUT2D eigenvalue weighted by atomic mass is 16.3. The molecule has 0 bridgehead atoms. The average molecular weight is 753 g/mol. The third-order valence-corrected chi connectivity index (χ3v) is 11.9. The Morgan fingerprint density at radius 3 is 1.78 bits per heavy atom. The van der Waals surface area contributed by atoms with Gasteiger partial charge in [0.15, 0.2) is 0 Å². The first-order chi connectivity index (χ1) is 29.2. The SMILES string of the molecule is c1ccc(-c2ccc(N(c3ccc4ccccc4c3)c3ccc4c(c3)oc3cc(-c5ccc6c(c5)c5ccccc5n6-c5ccccc5)c5ccccc5c34)cc2)cc1. The molecular weight excluding hydrogens is 717 g/mol. The van der Waals surface area contributed by atoms with Crippen molar-refractivity contribution in [3.63, 3.8) is 0 Å². The van der Waals surface area contributed by atoms with E-state index in [0.29, 0.717) is 0 Å². The predicted molar refractivity (Wildman–Crippen MR) is 249 cm³/mol. The van der Waals surface area contributed by atoms with Crippen LogP contribution in [0.5, 0.6) is 0 Å². The molecule has 59 heavy (non-hydrogen) atoms. The zero-order chi connectivity index (χ0) is 38.9. The smallest absolute Gasteiger partial charge is 0.137 e. The Morgan fingerprint density at radius 2 is 0.949 bits per heavy atom. The Morgan fingerprint density at radius 1 is 0.339 bits per heavy atom. The molecule has 0 unspecified atom stereocenters. The van der Waals surface area contributed by atoms with Crippen LogP contribution < -0.4 is 4.90 Å². The quantitative estimate of drug-likeness (QED) is 0.169. The molecule has 0 radical (unpaired) electrons. The molecule has 0 atom stereocenters. The molecule has 0 fully saturated rings. The fourth-order valence-corrected chi connectivity index (χ4v) is 9.20. The fourth-order valence-electron chi connectivity index (χ4n) is 9.20. The van der Waals surface area contributed by atoms with Crippen LogP contribution in [0.1, 0.15) is 0 Å². The molecule has 0 N–H and O–H groups in total. The monoisotopic (exact) mass is 752 g/mol. The van der Waals surface area contributed by atoms with Gasteiger partial charge in [-0.2, -0.15) is 0 Å². The van der Waals surface area contributed by atoms with Crippen LogP contribution in [0.3, 0.4) is 0 Å². The summed E-state index contributed by atoms with van der Waals surface area (Å²) in [5.41, 5.74) is 13.2. The number of para-hydroxylation sites is 2. The molecule has 0 aliphatic heterocycles. The molecule has 2 aromatic heterocycles. The molecule has 2 heterocycles. The summed E-state index contributed by atoms with van der Waals surface area (Å²) in [5.74, 6) is 0. The molecule has 276 valence electrons. The summed E-state index contributed by atoms with van der Waals surface area (Å²) >= 11 is 0. The second-order valence-electron chi connectivity index (χ2n) is 15.3. The minimum atomic E-state index is 0.855. The van der Waals surface area contributed by atoms with Gasteiger partial charge in [0, 0.05) is 50.4 Å². The molecule has 3 nitrogen and oxygen atoms in total. The average Bonchev–Trinajstić information content (AvgIpc) is 3.85. The van der Waals surface area contributed by atoms with Crippen LogP contribution in [0.25, 0.3) is 93.2 Å². The number of rotatable bonds is 6. The van der Waals surface area contributed by atoms with Crippen molar-refractivity contribution in [2.75, 3.05) is 4.90 Å². The van der Waals surface area contributed by atoms with Crippen molar-refractivity contribution < 1.29 is 4.42 Å². The standard InChI is InChI=1S/C56H36N2O/c1-3-13-37(14-4-1)39-23-27-43(28-24-39)57(44-29-25-38-15-7-8-16-40(38)33-44)45-30-31-49-54(35-45)59-55-36-50(46-19-9-10-21-48(46)56(49)55)41-26-32-53-51(34-41)47-20-11-12-22-52(47)58(53)42-17-5-2-6-18-42/h1-36H. The lowest BCUT2D eigenvalue weighted by Crippen LogP contribution is -2.09. The number of nitrogens with zero attached hydrogens (tertiary/aromatic N) is 2. The van der Waals surface area contributed by atoms with Crippen molar-refractivity contribution in [2.45, 2.75) is 0 Å². The Balaban J connectivity index is 1.02. The summed E-state index contributed by atoms with van der Waals surface area (Å²) < 4.78 is 9.29. The van der Waals surface area contributed by atoms with Gasteiger partial charge in [0.05, 0.1) is 11.0 Å². The molecule has 0 saturated heterocycles. The van der Waals surface area contributed by atoms with Gasteiger partial charge in [0.1, 0.15) is 11.2 Å². The van der Waals surface area contributed by atoms with Gasteiger partial charge in [0.2, 0.25) is 0 Å². The largest absolute Gasteiger partial charge is 0.456 e. The van der Waals surface area contributed by atoms with Gasteiger partial charge in [-0.05, 0) is 117 Å². The third-order valence-electron chi connectivity index (χ3n) is 11.9. The number of furan rings is 1. The first-order valence-electron chi connectivity index (χ1n) is 20.2. The topological polar surface area (TPSA) is 21.3 Å². The maximum absolute atomic E-state index is 6.92. The Kier molecular flexibility index (Phi) is 7.54.